The van der Waals surface area contributed by atoms with Crippen LogP contribution < -0.4 is 0 Å². The summed E-state index contributed by atoms with van der Waals surface area (Å²) in [6, 6.07) is 0. The van der Waals surface area contributed by atoms with Crippen LogP contribution in [-0.4, -0.2) is 0 Å². The molecule has 24 saturated carbocycles. The van der Waals surface area contributed by atoms with Crippen LogP contribution in [0, 0.1) is 155 Å². The molecule has 4 unspecified atom stereocenters. The van der Waals surface area contributed by atoms with Crippen molar-refractivity contribution in [1.82, 2.24) is 0 Å². The smallest absolute Gasteiger partial charge is 0.0277 e. The molecule has 24 rings (SSSR count). The van der Waals surface area contributed by atoms with Crippen LogP contribution in [-0.2, 0) is 0 Å². The van der Waals surface area contributed by atoms with E-state index in [9.17, 15) is 0 Å². The Labute approximate surface area is 629 Å². The number of hydrogen-bond acceptors (Lipinski definition) is 0. The van der Waals surface area contributed by atoms with Crippen molar-refractivity contribution in [2.45, 2.75) is 478 Å². The second-order valence-electron chi connectivity index (χ2n) is 47.5. The standard InChI is InChI=1S/C13H24.2C11H18.C10H20.2C9H16.2C8H14.2C8H16.C5H10/c1-13(10-6-3-7-11-13)12-8-4-2-5-9-12;1-11-5-8-2-9(6-11)4-10(3-8)7-11;1-7-10-3-8-2-9(5-10)6-11(7)4-8;1-9(2)10(3)7-5-4-6-8-10;1-9-5-2-8(3-6-9)4-7-9;1-7-6-8-2-4-9(7)5-3-8;1-8-4-2-7(6-8)3-5-8;1-6-4-7-2-3-8(6)5-7;1-7(2,3)8(4)5-6-8;1-8(2)6-4-3-5-7-8;1-5(2)3-4-5/h12H,2-11H2,1H3;8-10H,2-7H2,1H3;7-11H,2-6H2,1H3;9H,4-8H2,1-3H3;8H,2-7H2,1H3;7-9H,2-6H2,1H3;7H,2-6H2,1H3;6-8H,2-5H2,1H3;5-6H2,1-4H3;3-7H2,1-2H3;3-4H2,1-2H3. The Balaban J connectivity index is 0.000000120. The lowest BCUT2D eigenvalue weighted by molar-refractivity contribution is -0.0411. The normalized spacial score (nSPS) is 42.9. The van der Waals surface area contributed by atoms with E-state index in [1.54, 1.807) is 135 Å². The van der Waals surface area contributed by atoms with Gasteiger partial charge in [0.05, 0.1) is 0 Å². The topological polar surface area (TPSA) is 0 Å². The molecule has 0 heteroatoms. The minimum absolute atomic E-state index is 0.549. The van der Waals surface area contributed by atoms with Crippen molar-refractivity contribution in [3.63, 3.8) is 0 Å². The molecule has 4 atom stereocenters. The molecule has 0 nitrogen and oxygen atoms in total. The van der Waals surface area contributed by atoms with Crippen LogP contribution in [0.2, 0.25) is 0 Å². The Hall–Kier alpha value is 0. The molecule has 0 amide bonds. The van der Waals surface area contributed by atoms with Gasteiger partial charge in [0.15, 0.2) is 0 Å². The zero-order valence-electron chi connectivity index (χ0n) is 71.8. The highest BCUT2D eigenvalue weighted by Crippen LogP contribution is 2.62. The summed E-state index contributed by atoms with van der Waals surface area (Å²) in [5, 5.41) is 0. The van der Waals surface area contributed by atoms with E-state index in [4.69, 9.17) is 0 Å². The van der Waals surface area contributed by atoms with Gasteiger partial charge in [0.2, 0.25) is 0 Å². The molecule has 0 spiro atoms. The van der Waals surface area contributed by atoms with E-state index in [0.29, 0.717) is 21.7 Å². The number of hydrogen-bond donors (Lipinski definition) is 0. The Kier molecular flexibility index (Phi) is 29.5. The number of rotatable bonds is 2. The molecule has 582 valence electrons. The molecule has 24 fully saturated rings. The minimum Gasteiger partial charge on any atom is -0.0623 e. The van der Waals surface area contributed by atoms with Crippen LogP contribution in [0.3, 0.4) is 0 Å². The lowest BCUT2D eigenvalue weighted by Gasteiger charge is -2.55. The minimum atomic E-state index is 0.549. The molecular formula is C100H182. The number of fused-ring (bicyclic) bond motifs is 10. The predicted molar refractivity (Wildman–Crippen MR) is 441 cm³/mol. The molecule has 0 aromatic heterocycles. The predicted octanol–water partition coefficient (Wildman–Crippen LogP) is 32.9. The van der Waals surface area contributed by atoms with E-state index in [1.165, 1.54) is 218 Å². The lowest BCUT2D eigenvalue weighted by Crippen LogP contribution is -2.44. The summed E-state index contributed by atoms with van der Waals surface area (Å²) in [7, 11) is 0. The first-order chi connectivity index (χ1) is 47.2. The highest BCUT2D eigenvalue weighted by molar-refractivity contribution is 5.01. The van der Waals surface area contributed by atoms with E-state index in [1.807, 2.05) is 0 Å². The quantitative estimate of drug-likeness (QED) is 0.259. The first-order valence-corrected chi connectivity index (χ1v) is 47.2. The molecule has 0 radical (unpaired) electrons. The van der Waals surface area contributed by atoms with Gasteiger partial charge in [-0.25, -0.2) is 0 Å². The Morgan fingerprint density at radius 3 is 0.900 bits per heavy atom. The van der Waals surface area contributed by atoms with Gasteiger partial charge in [-0.1, -0.05) is 221 Å². The SMILES string of the molecule is CC(C)(C)C1(C)CC1.CC(C)C1(C)CCCCC1.CC1(C)CC1.CC1(C)CCCCC1.CC1(C2CCCCC2)CCCCC1.CC12CC3CC(CC(C3)C1)C2.CC12CCC(CC1)C2.CC12CCC(CC1)CC2.CC1C2CC3CC(C2)CC1C3.CC1CC2CCC1C2.CC1CC2CCC1CC2. The summed E-state index contributed by atoms with van der Waals surface area (Å²) in [5.74, 6) is 20.0. The molecular weight excluding hydrogens is 1200 g/mol. The maximum atomic E-state index is 2.57. The van der Waals surface area contributed by atoms with Crippen LogP contribution in [0.4, 0.5) is 0 Å². The summed E-state index contributed by atoms with van der Waals surface area (Å²) >= 11 is 0. The molecule has 24 aliphatic rings. The van der Waals surface area contributed by atoms with Gasteiger partial charge in [0, 0.05) is 0 Å². The van der Waals surface area contributed by atoms with E-state index in [2.05, 4.69) is 125 Å². The van der Waals surface area contributed by atoms with Gasteiger partial charge in [0.25, 0.3) is 0 Å². The summed E-state index contributed by atoms with van der Waals surface area (Å²) in [6.07, 6.45) is 83.9. The van der Waals surface area contributed by atoms with E-state index in [0.717, 1.165) is 134 Å². The van der Waals surface area contributed by atoms with Gasteiger partial charge >= 0.3 is 0 Å². The largest absolute Gasteiger partial charge is 0.0623 e. The molecule has 0 aromatic rings. The average Bonchev–Trinajstić information content (AvgIpc) is 1.09. The van der Waals surface area contributed by atoms with Crippen molar-refractivity contribution in [2.24, 2.45) is 155 Å². The van der Waals surface area contributed by atoms with E-state index < -0.39 is 0 Å². The first-order valence-electron chi connectivity index (χ1n) is 47.2. The van der Waals surface area contributed by atoms with Crippen molar-refractivity contribution in [3.05, 3.63) is 0 Å². The molecule has 24 aliphatic carbocycles. The summed E-state index contributed by atoms with van der Waals surface area (Å²) in [4.78, 5) is 0. The monoisotopic (exact) mass is 1380 g/mol. The van der Waals surface area contributed by atoms with Gasteiger partial charge in [-0.3, -0.25) is 0 Å². The molecule has 0 saturated heterocycles. The molecule has 0 N–H and O–H groups in total. The molecule has 0 heterocycles. The average molecular weight is 1380 g/mol. The molecule has 0 aliphatic heterocycles. The van der Waals surface area contributed by atoms with Crippen LogP contribution in [0.5, 0.6) is 0 Å². The third-order valence-electron chi connectivity index (χ3n) is 36.3. The van der Waals surface area contributed by atoms with Crippen LogP contribution in [0.15, 0.2) is 0 Å². The fourth-order valence-electron chi connectivity index (χ4n) is 27.2. The van der Waals surface area contributed by atoms with Gasteiger partial charge < -0.3 is 0 Å². The van der Waals surface area contributed by atoms with E-state index >= 15 is 0 Å². The zero-order valence-corrected chi connectivity index (χ0v) is 71.8. The second kappa shape index (κ2) is 35.8. The van der Waals surface area contributed by atoms with Crippen LogP contribution in [0.25, 0.3) is 0 Å². The summed E-state index contributed by atoms with van der Waals surface area (Å²) in [5.41, 5.74) is 6.49. The third kappa shape index (κ3) is 24.5. The second-order valence-corrected chi connectivity index (χ2v) is 47.5. The molecule has 0 aromatic carbocycles. The van der Waals surface area contributed by atoms with Gasteiger partial charge in [-0.15, -0.1) is 0 Å². The van der Waals surface area contributed by atoms with Crippen LogP contribution in [0.1, 0.15) is 478 Å². The highest BCUT2D eigenvalue weighted by Gasteiger charge is 2.50. The summed E-state index contributed by atoms with van der Waals surface area (Å²) < 4.78 is 0. The van der Waals surface area contributed by atoms with Gasteiger partial charge in [-0.05, 0) is 412 Å². The molecule has 100 heavy (non-hydrogen) atoms. The Morgan fingerprint density at radius 2 is 0.640 bits per heavy atom. The molecule has 16 bridgehead atoms. The van der Waals surface area contributed by atoms with Crippen LogP contribution >= 0.6 is 0 Å². The van der Waals surface area contributed by atoms with Crippen molar-refractivity contribution in [1.29, 1.82) is 0 Å². The highest BCUT2D eigenvalue weighted by atomic mass is 14.6. The Morgan fingerprint density at radius 1 is 0.270 bits per heavy atom. The van der Waals surface area contributed by atoms with Crippen molar-refractivity contribution in [3.8, 4) is 0 Å². The lowest BCUT2D eigenvalue weighted by atomic mass is 9.50. The van der Waals surface area contributed by atoms with E-state index in [-0.39, 0.29) is 0 Å². The van der Waals surface area contributed by atoms with Gasteiger partial charge in [-0.2, -0.15) is 0 Å². The van der Waals surface area contributed by atoms with Crippen molar-refractivity contribution in [2.75, 3.05) is 0 Å². The fraction of sp³-hybridized carbons (Fsp3) is 1.00. The fourth-order valence-corrected chi connectivity index (χ4v) is 27.2. The third-order valence-corrected chi connectivity index (χ3v) is 36.3. The van der Waals surface area contributed by atoms with Crippen molar-refractivity contribution < 1.29 is 0 Å². The zero-order chi connectivity index (χ0) is 71.8. The maximum Gasteiger partial charge on any atom is -0.0277 e. The Bertz CT molecular complexity index is 2220. The first kappa shape index (κ1) is 82.5. The summed E-state index contributed by atoms with van der Waals surface area (Å²) in [6.45, 7) is 43.3. The van der Waals surface area contributed by atoms with Crippen molar-refractivity contribution >= 4 is 0 Å². The maximum absolute atomic E-state index is 2.57. The van der Waals surface area contributed by atoms with Gasteiger partial charge in [0.1, 0.15) is 0 Å².